The average molecular weight is 312 g/mol. The Balaban J connectivity index is 1.98. The van der Waals surface area contributed by atoms with E-state index >= 15 is 0 Å². The highest BCUT2D eigenvalue weighted by Gasteiger charge is 2.08. The Bertz CT molecular complexity index is 681. The van der Waals surface area contributed by atoms with E-state index in [4.69, 9.17) is 4.74 Å². The van der Waals surface area contributed by atoms with Gasteiger partial charge in [-0.15, -0.1) is 0 Å². The molecule has 5 heteroatoms. The normalized spacial score (nSPS) is 10.0. The van der Waals surface area contributed by atoms with Gasteiger partial charge < -0.3 is 15.4 Å². The van der Waals surface area contributed by atoms with Crippen molar-refractivity contribution in [2.24, 2.45) is 0 Å². The largest absolute Gasteiger partial charge is 0.492 e. The van der Waals surface area contributed by atoms with E-state index in [9.17, 15) is 9.59 Å². The first-order chi connectivity index (χ1) is 11.1. The number of ether oxygens (including phenoxy) is 1. The number of hydrogen-bond donors (Lipinski definition) is 2. The molecule has 0 spiro atoms. The smallest absolute Gasteiger partial charge is 0.228 e. The molecule has 2 aromatic carbocycles. The van der Waals surface area contributed by atoms with Crippen LogP contribution >= 0.6 is 0 Å². The van der Waals surface area contributed by atoms with Gasteiger partial charge in [0.15, 0.2) is 0 Å². The molecule has 2 amide bonds. The fourth-order valence-electron chi connectivity index (χ4n) is 2.14. The number of amides is 2. The third-order valence-electron chi connectivity index (χ3n) is 3.10. The second kappa shape index (κ2) is 7.98. The van der Waals surface area contributed by atoms with Crippen LogP contribution in [0.3, 0.4) is 0 Å². The topological polar surface area (TPSA) is 67.4 Å². The maximum absolute atomic E-state index is 12.2. The van der Waals surface area contributed by atoms with Crippen LogP contribution in [-0.4, -0.2) is 18.4 Å². The van der Waals surface area contributed by atoms with Gasteiger partial charge in [-0.3, -0.25) is 9.59 Å². The number of carbonyl (C=O) groups is 2. The second-order valence-corrected chi connectivity index (χ2v) is 5.03. The van der Waals surface area contributed by atoms with Crippen molar-refractivity contribution >= 4 is 23.2 Å². The van der Waals surface area contributed by atoms with Crippen molar-refractivity contribution in [3.63, 3.8) is 0 Å². The van der Waals surface area contributed by atoms with Gasteiger partial charge >= 0.3 is 0 Å². The van der Waals surface area contributed by atoms with Crippen LogP contribution in [0.15, 0.2) is 48.5 Å². The molecule has 0 fully saturated rings. The Labute approximate surface area is 135 Å². The first-order valence-corrected chi connectivity index (χ1v) is 7.46. The number of rotatable bonds is 6. The number of anilines is 2. The third kappa shape index (κ3) is 5.14. The lowest BCUT2D eigenvalue weighted by Crippen LogP contribution is -2.15. The van der Waals surface area contributed by atoms with Crippen molar-refractivity contribution in [3.8, 4) is 5.75 Å². The molecular weight excluding hydrogens is 292 g/mol. The summed E-state index contributed by atoms with van der Waals surface area (Å²) >= 11 is 0. The number of nitrogens with one attached hydrogen (secondary N) is 2. The summed E-state index contributed by atoms with van der Waals surface area (Å²) in [4.78, 5) is 23.1. The first kappa shape index (κ1) is 16.5. The van der Waals surface area contributed by atoms with Crippen LogP contribution in [0.5, 0.6) is 5.75 Å². The van der Waals surface area contributed by atoms with Gasteiger partial charge in [0.2, 0.25) is 11.8 Å². The zero-order chi connectivity index (χ0) is 16.7. The van der Waals surface area contributed by atoms with Gasteiger partial charge in [-0.2, -0.15) is 0 Å². The molecule has 0 saturated carbocycles. The van der Waals surface area contributed by atoms with Crippen LogP contribution in [0, 0.1) is 0 Å². The van der Waals surface area contributed by atoms with Crippen molar-refractivity contribution < 1.29 is 14.3 Å². The maximum atomic E-state index is 12.2. The molecule has 0 aliphatic carbocycles. The van der Waals surface area contributed by atoms with E-state index in [0.29, 0.717) is 23.7 Å². The van der Waals surface area contributed by atoms with Gasteiger partial charge in [-0.1, -0.05) is 24.3 Å². The summed E-state index contributed by atoms with van der Waals surface area (Å²) < 4.78 is 5.49. The Morgan fingerprint density at radius 2 is 1.70 bits per heavy atom. The molecule has 2 N–H and O–H groups in total. The van der Waals surface area contributed by atoms with Gasteiger partial charge in [-0.05, 0) is 36.8 Å². The predicted octanol–water partition coefficient (Wildman–Crippen LogP) is 3.22. The molecule has 0 radical (unpaired) electrons. The van der Waals surface area contributed by atoms with Crippen LogP contribution in [0.1, 0.15) is 19.4 Å². The van der Waals surface area contributed by atoms with Crippen LogP contribution in [0.25, 0.3) is 0 Å². The fourth-order valence-corrected chi connectivity index (χ4v) is 2.14. The van der Waals surface area contributed by atoms with Gasteiger partial charge in [-0.25, -0.2) is 0 Å². The van der Waals surface area contributed by atoms with E-state index in [1.165, 1.54) is 6.92 Å². The Morgan fingerprint density at radius 3 is 2.35 bits per heavy atom. The molecule has 0 saturated heterocycles. The highest BCUT2D eigenvalue weighted by Crippen LogP contribution is 2.23. The van der Waals surface area contributed by atoms with Crippen molar-refractivity contribution in [2.75, 3.05) is 17.2 Å². The van der Waals surface area contributed by atoms with Crippen LogP contribution in [0.4, 0.5) is 11.4 Å². The molecule has 0 aliphatic heterocycles. The van der Waals surface area contributed by atoms with Gasteiger partial charge in [0, 0.05) is 12.6 Å². The van der Waals surface area contributed by atoms with Crippen molar-refractivity contribution in [1.29, 1.82) is 0 Å². The Hall–Kier alpha value is -2.82. The summed E-state index contributed by atoms with van der Waals surface area (Å²) in [6.45, 7) is 3.89. The fraction of sp³-hybridized carbons (Fsp3) is 0.222. The summed E-state index contributed by atoms with van der Waals surface area (Å²) in [6.07, 6.45) is 0.251. The maximum Gasteiger partial charge on any atom is 0.228 e. The lowest BCUT2D eigenvalue weighted by Gasteiger charge is -2.11. The van der Waals surface area contributed by atoms with E-state index in [0.717, 1.165) is 5.56 Å². The number of para-hydroxylation sites is 2. The lowest BCUT2D eigenvalue weighted by atomic mass is 10.1. The highest BCUT2D eigenvalue weighted by atomic mass is 16.5. The molecule has 0 heterocycles. The molecule has 0 aromatic heterocycles. The zero-order valence-corrected chi connectivity index (χ0v) is 13.3. The molecule has 0 bridgehead atoms. The molecule has 0 unspecified atom stereocenters. The Morgan fingerprint density at radius 1 is 1.00 bits per heavy atom. The summed E-state index contributed by atoms with van der Waals surface area (Å²) in [5.74, 6) is 0.414. The van der Waals surface area contributed by atoms with Crippen LogP contribution < -0.4 is 15.4 Å². The minimum atomic E-state index is -0.122. The third-order valence-corrected chi connectivity index (χ3v) is 3.10. The van der Waals surface area contributed by atoms with Gasteiger partial charge in [0.25, 0.3) is 0 Å². The van der Waals surface area contributed by atoms with Gasteiger partial charge in [0.1, 0.15) is 5.75 Å². The molecule has 2 aromatic rings. The number of carbonyl (C=O) groups excluding carboxylic acids is 2. The minimum Gasteiger partial charge on any atom is -0.492 e. The van der Waals surface area contributed by atoms with Gasteiger partial charge in [0.05, 0.1) is 18.7 Å². The van der Waals surface area contributed by atoms with Crippen LogP contribution in [0.2, 0.25) is 0 Å². The summed E-state index contributed by atoms with van der Waals surface area (Å²) in [7, 11) is 0. The zero-order valence-electron chi connectivity index (χ0n) is 13.3. The number of hydrogen-bond acceptors (Lipinski definition) is 3. The first-order valence-electron chi connectivity index (χ1n) is 7.46. The standard InChI is InChI=1S/C18H20N2O3/c1-3-23-17-7-5-4-6-16(17)20-18(22)12-14-8-10-15(11-9-14)19-13(2)21/h4-11H,3,12H2,1-2H3,(H,19,21)(H,20,22). The van der Waals surface area contributed by atoms with E-state index in [-0.39, 0.29) is 18.2 Å². The van der Waals surface area contributed by atoms with Crippen molar-refractivity contribution in [2.45, 2.75) is 20.3 Å². The summed E-state index contributed by atoms with van der Waals surface area (Å²) in [5.41, 5.74) is 2.24. The molecular formula is C18H20N2O3. The van der Waals surface area contributed by atoms with E-state index < -0.39 is 0 Å². The monoisotopic (exact) mass is 312 g/mol. The molecule has 0 aliphatic rings. The predicted molar refractivity (Wildman–Crippen MR) is 90.7 cm³/mol. The Kier molecular flexibility index (Phi) is 5.74. The quantitative estimate of drug-likeness (QED) is 0.860. The minimum absolute atomic E-state index is 0.121. The highest BCUT2D eigenvalue weighted by molar-refractivity contribution is 5.94. The molecule has 2 rings (SSSR count). The average Bonchev–Trinajstić information content (AvgIpc) is 2.51. The SMILES string of the molecule is CCOc1ccccc1NC(=O)Cc1ccc(NC(C)=O)cc1. The summed E-state index contributed by atoms with van der Waals surface area (Å²) in [5, 5.41) is 5.55. The molecule has 120 valence electrons. The van der Waals surface area contributed by atoms with E-state index in [1.54, 1.807) is 12.1 Å². The van der Waals surface area contributed by atoms with Crippen LogP contribution in [-0.2, 0) is 16.0 Å². The second-order valence-electron chi connectivity index (χ2n) is 5.03. The van der Waals surface area contributed by atoms with Crippen molar-refractivity contribution in [1.82, 2.24) is 0 Å². The van der Waals surface area contributed by atoms with E-state index in [1.807, 2.05) is 43.3 Å². The molecule has 0 atom stereocenters. The number of benzene rings is 2. The van der Waals surface area contributed by atoms with E-state index in [2.05, 4.69) is 10.6 Å². The summed E-state index contributed by atoms with van der Waals surface area (Å²) in [6, 6.07) is 14.5. The molecule has 23 heavy (non-hydrogen) atoms. The lowest BCUT2D eigenvalue weighted by molar-refractivity contribution is -0.116. The molecule has 5 nitrogen and oxygen atoms in total. The van der Waals surface area contributed by atoms with Crippen molar-refractivity contribution in [3.05, 3.63) is 54.1 Å².